The lowest BCUT2D eigenvalue weighted by Crippen LogP contribution is -2.35. The Bertz CT molecular complexity index is 617. The van der Waals surface area contributed by atoms with Crippen LogP contribution in [0.3, 0.4) is 0 Å². The molecule has 0 aliphatic carbocycles. The Kier molecular flexibility index (Phi) is 4.36. The zero-order valence-electron chi connectivity index (χ0n) is 12.1. The van der Waals surface area contributed by atoms with E-state index in [-0.39, 0.29) is 12.5 Å². The van der Waals surface area contributed by atoms with Gasteiger partial charge >= 0.3 is 0 Å². The first-order chi connectivity index (χ1) is 9.56. The van der Waals surface area contributed by atoms with Gasteiger partial charge in [-0.1, -0.05) is 6.07 Å². The molecule has 0 aliphatic heterocycles. The van der Waals surface area contributed by atoms with Crippen molar-refractivity contribution >= 4 is 11.6 Å². The second kappa shape index (κ2) is 6.02. The van der Waals surface area contributed by atoms with Gasteiger partial charge in [-0.15, -0.1) is 0 Å². The van der Waals surface area contributed by atoms with Crippen molar-refractivity contribution in [3.05, 3.63) is 35.3 Å². The number of aryl methyl sites for hydroxylation is 2. The zero-order valence-corrected chi connectivity index (χ0v) is 12.1. The van der Waals surface area contributed by atoms with E-state index in [2.05, 4.69) is 10.3 Å². The third-order valence-electron chi connectivity index (χ3n) is 3.11. The molecule has 1 amide bonds. The second-order valence-electron chi connectivity index (χ2n) is 4.59. The van der Waals surface area contributed by atoms with Crippen molar-refractivity contribution < 1.29 is 14.3 Å². The summed E-state index contributed by atoms with van der Waals surface area (Å²) >= 11 is 0. The van der Waals surface area contributed by atoms with Crippen LogP contribution in [0.15, 0.2) is 18.3 Å². The molecule has 0 bridgehead atoms. The van der Waals surface area contributed by atoms with Crippen LogP contribution in [0.5, 0.6) is 0 Å². The van der Waals surface area contributed by atoms with Crippen LogP contribution in [0.1, 0.15) is 21.7 Å². The van der Waals surface area contributed by atoms with Crippen molar-refractivity contribution in [2.45, 2.75) is 20.1 Å². The molecule has 2 aromatic heterocycles. The lowest BCUT2D eigenvalue weighted by molar-refractivity contribution is -0.0974. The first-order valence-electron chi connectivity index (χ1n) is 6.36. The second-order valence-corrected chi connectivity index (χ2v) is 4.59. The smallest absolute Gasteiger partial charge is 0.270 e. The summed E-state index contributed by atoms with van der Waals surface area (Å²) in [6, 6.07) is 3.86. The first-order valence-corrected chi connectivity index (χ1v) is 6.36. The number of hydrogen-bond donors (Lipinski definition) is 1. The molecule has 108 valence electrons. The Morgan fingerprint density at radius 2 is 2.05 bits per heavy atom. The van der Waals surface area contributed by atoms with Crippen LogP contribution in [0, 0.1) is 13.8 Å². The monoisotopic (exact) mass is 277 g/mol. The highest BCUT2D eigenvalue weighted by Crippen LogP contribution is 2.13. The van der Waals surface area contributed by atoms with E-state index in [1.807, 2.05) is 32.2 Å². The minimum atomic E-state index is -0.458. The van der Waals surface area contributed by atoms with E-state index in [1.54, 1.807) is 4.40 Å². The number of carbonyl (C=O) groups is 1. The van der Waals surface area contributed by atoms with Gasteiger partial charge in [-0.3, -0.25) is 9.20 Å². The molecule has 2 aromatic rings. The van der Waals surface area contributed by atoms with Crippen LogP contribution >= 0.6 is 0 Å². The number of methoxy groups -OCH3 is 2. The summed E-state index contributed by atoms with van der Waals surface area (Å²) in [7, 11) is 3.06. The van der Waals surface area contributed by atoms with Crippen molar-refractivity contribution in [2.24, 2.45) is 0 Å². The molecular formula is C14H19N3O3. The molecule has 0 spiro atoms. The maximum Gasteiger partial charge on any atom is 0.270 e. The fourth-order valence-electron chi connectivity index (χ4n) is 2.06. The molecule has 2 heterocycles. The van der Waals surface area contributed by atoms with Crippen LogP contribution in [0.2, 0.25) is 0 Å². The van der Waals surface area contributed by atoms with Gasteiger partial charge in [-0.05, 0) is 25.5 Å². The van der Waals surface area contributed by atoms with Gasteiger partial charge < -0.3 is 14.8 Å². The molecule has 6 heteroatoms. The summed E-state index contributed by atoms with van der Waals surface area (Å²) in [5.74, 6) is -0.195. The third-order valence-corrected chi connectivity index (χ3v) is 3.11. The summed E-state index contributed by atoms with van der Waals surface area (Å²) in [5.41, 5.74) is 3.05. The van der Waals surface area contributed by atoms with Gasteiger partial charge in [0.2, 0.25) is 0 Å². The Balaban J connectivity index is 2.25. The van der Waals surface area contributed by atoms with E-state index in [0.29, 0.717) is 11.4 Å². The van der Waals surface area contributed by atoms with Crippen LogP contribution in [-0.4, -0.2) is 42.3 Å². The van der Waals surface area contributed by atoms with Crippen molar-refractivity contribution in [3.63, 3.8) is 0 Å². The van der Waals surface area contributed by atoms with Gasteiger partial charge in [-0.25, -0.2) is 4.98 Å². The highest BCUT2D eigenvalue weighted by molar-refractivity contribution is 5.94. The molecule has 20 heavy (non-hydrogen) atoms. The van der Waals surface area contributed by atoms with E-state index in [0.717, 1.165) is 11.2 Å². The lowest BCUT2D eigenvalue weighted by Gasteiger charge is -2.14. The number of nitrogens with zero attached hydrogens (tertiary/aromatic N) is 2. The lowest BCUT2D eigenvalue weighted by atomic mass is 10.3. The number of carbonyl (C=O) groups excluding carboxylic acids is 1. The number of rotatable bonds is 5. The number of hydrogen-bond acceptors (Lipinski definition) is 4. The molecule has 0 saturated carbocycles. The van der Waals surface area contributed by atoms with Crippen molar-refractivity contribution in [1.82, 2.24) is 14.7 Å². The number of ether oxygens (including phenoxy) is 2. The maximum absolute atomic E-state index is 12.3. The number of imidazole rings is 1. The summed E-state index contributed by atoms with van der Waals surface area (Å²) in [6.45, 7) is 4.08. The molecule has 0 aromatic carbocycles. The summed E-state index contributed by atoms with van der Waals surface area (Å²) in [4.78, 5) is 16.7. The Labute approximate surface area is 117 Å². The van der Waals surface area contributed by atoms with Crippen molar-refractivity contribution in [1.29, 1.82) is 0 Å². The van der Waals surface area contributed by atoms with E-state index >= 15 is 0 Å². The molecular weight excluding hydrogens is 258 g/mol. The molecule has 0 unspecified atom stereocenters. The third kappa shape index (κ3) is 2.81. The Morgan fingerprint density at radius 1 is 1.35 bits per heavy atom. The molecule has 6 nitrogen and oxygen atoms in total. The number of aromatic nitrogens is 2. The minimum Gasteiger partial charge on any atom is -0.354 e. The predicted molar refractivity (Wildman–Crippen MR) is 74.8 cm³/mol. The van der Waals surface area contributed by atoms with E-state index in [9.17, 15) is 4.79 Å². The molecule has 0 fully saturated rings. The number of fused-ring (bicyclic) bond motifs is 1. The van der Waals surface area contributed by atoms with E-state index in [4.69, 9.17) is 9.47 Å². The van der Waals surface area contributed by atoms with Crippen molar-refractivity contribution in [3.8, 4) is 0 Å². The van der Waals surface area contributed by atoms with Gasteiger partial charge in [-0.2, -0.15) is 0 Å². The van der Waals surface area contributed by atoms with Gasteiger partial charge in [0, 0.05) is 20.4 Å². The van der Waals surface area contributed by atoms with E-state index < -0.39 is 6.29 Å². The predicted octanol–water partition coefficient (Wildman–Crippen LogP) is 1.30. The van der Waals surface area contributed by atoms with Crippen molar-refractivity contribution in [2.75, 3.05) is 20.8 Å². The van der Waals surface area contributed by atoms with Gasteiger partial charge in [0.1, 0.15) is 11.3 Å². The standard InChI is InChI=1S/C14H19N3O3/c1-9-5-6-11-16-10(2)13(17(11)8-9)14(18)15-7-12(19-3)20-4/h5-6,8,12H,7H2,1-4H3,(H,15,18). The van der Waals surface area contributed by atoms with Gasteiger partial charge in [0.25, 0.3) is 5.91 Å². The minimum absolute atomic E-state index is 0.195. The Morgan fingerprint density at radius 3 is 2.70 bits per heavy atom. The first kappa shape index (κ1) is 14.5. The molecule has 0 aliphatic rings. The highest BCUT2D eigenvalue weighted by Gasteiger charge is 2.17. The summed E-state index contributed by atoms with van der Waals surface area (Å²) in [5, 5.41) is 2.79. The quantitative estimate of drug-likeness (QED) is 0.837. The number of amides is 1. The maximum atomic E-state index is 12.3. The van der Waals surface area contributed by atoms with Crippen LogP contribution in [0.4, 0.5) is 0 Å². The average molecular weight is 277 g/mol. The van der Waals surface area contributed by atoms with E-state index in [1.165, 1.54) is 14.2 Å². The SMILES string of the molecule is COC(CNC(=O)c1c(C)nc2ccc(C)cn12)OC. The summed E-state index contributed by atoms with van der Waals surface area (Å²) < 4.78 is 11.9. The van der Waals surface area contributed by atoms with Gasteiger partial charge in [0.05, 0.1) is 12.2 Å². The molecule has 2 rings (SSSR count). The largest absolute Gasteiger partial charge is 0.354 e. The molecule has 0 atom stereocenters. The average Bonchev–Trinajstić information content (AvgIpc) is 2.75. The van der Waals surface area contributed by atoms with Crippen LogP contribution < -0.4 is 5.32 Å². The molecule has 0 radical (unpaired) electrons. The normalized spacial score (nSPS) is 11.2. The zero-order chi connectivity index (χ0) is 14.7. The summed E-state index contributed by atoms with van der Waals surface area (Å²) in [6.07, 6.45) is 1.44. The Hall–Kier alpha value is -1.92. The fraction of sp³-hybridized carbons (Fsp3) is 0.429. The molecule has 1 N–H and O–H groups in total. The number of nitrogens with one attached hydrogen (secondary N) is 1. The fourth-order valence-corrected chi connectivity index (χ4v) is 2.06. The highest BCUT2D eigenvalue weighted by atomic mass is 16.7. The topological polar surface area (TPSA) is 64.9 Å². The van der Waals surface area contributed by atoms with Crippen LogP contribution in [0.25, 0.3) is 5.65 Å². The molecule has 0 saturated heterocycles. The van der Waals surface area contributed by atoms with Gasteiger partial charge in [0.15, 0.2) is 6.29 Å². The van der Waals surface area contributed by atoms with Crippen LogP contribution in [-0.2, 0) is 9.47 Å². The number of pyridine rings is 1.